The molecular formula is C25H29N3OS. The summed E-state index contributed by atoms with van der Waals surface area (Å²) in [5, 5.41) is 3.43. The Bertz CT molecular complexity index is 1080. The molecule has 0 spiro atoms. The van der Waals surface area contributed by atoms with E-state index in [1.54, 1.807) is 18.0 Å². The number of amidine groups is 1. The number of rotatable bonds is 3. The average Bonchev–Trinajstić information content (AvgIpc) is 3.26. The molecule has 2 aromatic heterocycles. The standard InChI is InChI=1S/C25H29N3OS/c1-16-6-8-21(9-7-16)28-15-20-13-19-11-17(2)18(3)12-23(19)27-24(20)30-25(28)26-14-22-5-4-10-29-22/h4-5,10-13,16,21H,6-9,14-15H2,1-3H3. The molecule has 1 aliphatic heterocycles. The van der Waals surface area contributed by atoms with Crippen LogP contribution in [0.25, 0.3) is 10.9 Å². The van der Waals surface area contributed by atoms with Gasteiger partial charge in [0.1, 0.15) is 10.8 Å². The Morgan fingerprint density at radius 2 is 1.93 bits per heavy atom. The highest BCUT2D eigenvalue weighted by Crippen LogP contribution is 2.38. The summed E-state index contributed by atoms with van der Waals surface area (Å²) in [5.74, 6) is 1.75. The van der Waals surface area contributed by atoms with Crippen LogP contribution in [0, 0.1) is 19.8 Å². The monoisotopic (exact) mass is 419 g/mol. The van der Waals surface area contributed by atoms with E-state index in [-0.39, 0.29) is 0 Å². The number of aromatic nitrogens is 1. The van der Waals surface area contributed by atoms with E-state index in [0.717, 1.165) is 33.9 Å². The molecule has 1 aliphatic carbocycles. The summed E-state index contributed by atoms with van der Waals surface area (Å²) in [5.41, 5.74) is 5.02. The van der Waals surface area contributed by atoms with E-state index in [4.69, 9.17) is 14.4 Å². The van der Waals surface area contributed by atoms with Gasteiger partial charge in [-0.1, -0.05) is 6.92 Å². The maximum Gasteiger partial charge on any atom is 0.166 e. The van der Waals surface area contributed by atoms with Crippen LogP contribution in [0.15, 0.2) is 51.0 Å². The van der Waals surface area contributed by atoms with Crippen molar-refractivity contribution in [3.05, 3.63) is 59.0 Å². The maximum absolute atomic E-state index is 5.52. The molecule has 5 heteroatoms. The van der Waals surface area contributed by atoms with Crippen LogP contribution in [-0.2, 0) is 13.1 Å². The van der Waals surface area contributed by atoms with E-state index >= 15 is 0 Å². The van der Waals surface area contributed by atoms with Crippen LogP contribution >= 0.6 is 11.8 Å². The number of thioether (sulfide) groups is 1. The van der Waals surface area contributed by atoms with Crippen molar-refractivity contribution in [1.29, 1.82) is 0 Å². The fraction of sp³-hybridized carbons (Fsp3) is 0.440. The third-order valence-electron chi connectivity index (χ3n) is 6.62. The highest BCUT2D eigenvalue weighted by molar-refractivity contribution is 8.13. The second kappa shape index (κ2) is 8.10. The fourth-order valence-corrected chi connectivity index (χ4v) is 5.61. The van der Waals surface area contributed by atoms with Crippen molar-refractivity contribution in [2.24, 2.45) is 10.9 Å². The van der Waals surface area contributed by atoms with Crippen LogP contribution in [0.4, 0.5) is 0 Å². The van der Waals surface area contributed by atoms with Crippen LogP contribution in [0.5, 0.6) is 0 Å². The highest BCUT2D eigenvalue weighted by Gasteiger charge is 2.31. The number of hydrogen-bond acceptors (Lipinski definition) is 4. The molecule has 0 saturated heterocycles. The predicted molar refractivity (Wildman–Crippen MR) is 124 cm³/mol. The number of aliphatic imine (C=N–C) groups is 1. The number of fused-ring (bicyclic) bond motifs is 2. The van der Waals surface area contributed by atoms with Gasteiger partial charge in [0.2, 0.25) is 0 Å². The minimum Gasteiger partial charge on any atom is -0.467 e. The SMILES string of the molecule is Cc1cc2cc3c(nc2cc1C)SC(=NCc1ccco1)N(C1CCC(C)CC1)C3. The third kappa shape index (κ3) is 3.87. The third-order valence-corrected chi connectivity index (χ3v) is 7.71. The summed E-state index contributed by atoms with van der Waals surface area (Å²) in [6.07, 6.45) is 6.82. The van der Waals surface area contributed by atoms with Crippen LogP contribution in [-0.4, -0.2) is 21.1 Å². The molecule has 30 heavy (non-hydrogen) atoms. The van der Waals surface area contributed by atoms with Crippen LogP contribution in [0.3, 0.4) is 0 Å². The Morgan fingerprint density at radius 1 is 1.13 bits per heavy atom. The van der Waals surface area contributed by atoms with E-state index in [1.165, 1.54) is 47.8 Å². The van der Waals surface area contributed by atoms with Gasteiger partial charge in [-0.3, -0.25) is 4.99 Å². The fourth-order valence-electron chi connectivity index (χ4n) is 4.57. The molecule has 1 fully saturated rings. The summed E-state index contributed by atoms with van der Waals surface area (Å²) in [6.45, 7) is 8.19. The minimum absolute atomic E-state index is 0.563. The van der Waals surface area contributed by atoms with Gasteiger partial charge in [0, 0.05) is 23.5 Å². The first kappa shape index (κ1) is 19.7. The second-order valence-corrected chi connectivity index (χ2v) is 9.86. The van der Waals surface area contributed by atoms with Gasteiger partial charge in [-0.05, 0) is 98.7 Å². The summed E-state index contributed by atoms with van der Waals surface area (Å²) in [4.78, 5) is 12.6. The van der Waals surface area contributed by atoms with Gasteiger partial charge in [0.25, 0.3) is 0 Å². The van der Waals surface area contributed by atoms with Crippen molar-refractivity contribution in [1.82, 2.24) is 9.88 Å². The van der Waals surface area contributed by atoms with E-state index in [2.05, 4.69) is 43.9 Å². The van der Waals surface area contributed by atoms with Gasteiger partial charge in [-0.2, -0.15) is 0 Å². The summed E-state index contributed by atoms with van der Waals surface area (Å²) in [6, 6.07) is 11.3. The Hall–Kier alpha value is -2.27. The number of nitrogens with zero attached hydrogens (tertiary/aromatic N) is 3. The van der Waals surface area contributed by atoms with E-state index in [1.807, 2.05) is 12.1 Å². The molecule has 0 N–H and O–H groups in total. The van der Waals surface area contributed by atoms with E-state index in [0.29, 0.717) is 12.6 Å². The van der Waals surface area contributed by atoms with Gasteiger partial charge in [-0.15, -0.1) is 0 Å². The summed E-state index contributed by atoms with van der Waals surface area (Å²) in [7, 11) is 0. The number of benzene rings is 1. The number of furan rings is 1. The van der Waals surface area contributed by atoms with Gasteiger partial charge in [0.05, 0.1) is 18.3 Å². The second-order valence-electron chi connectivity index (χ2n) is 8.90. The van der Waals surface area contributed by atoms with Crippen molar-refractivity contribution in [2.75, 3.05) is 0 Å². The molecule has 3 heterocycles. The largest absolute Gasteiger partial charge is 0.467 e. The Labute approximate surface area is 182 Å². The molecule has 2 aliphatic rings. The van der Waals surface area contributed by atoms with Crippen LogP contribution in [0.2, 0.25) is 0 Å². The Balaban J connectivity index is 1.51. The summed E-state index contributed by atoms with van der Waals surface area (Å²) < 4.78 is 5.52. The normalized spacial score (nSPS) is 23.2. The first-order valence-electron chi connectivity index (χ1n) is 11.0. The Morgan fingerprint density at radius 3 is 2.70 bits per heavy atom. The molecule has 3 aromatic rings. The quantitative estimate of drug-likeness (QED) is 0.487. The maximum atomic E-state index is 5.52. The van der Waals surface area contributed by atoms with Crippen molar-refractivity contribution < 1.29 is 4.42 Å². The van der Waals surface area contributed by atoms with Crippen molar-refractivity contribution in [3.8, 4) is 0 Å². The molecule has 0 amide bonds. The van der Waals surface area contributed by atoms with E-state index < -0.39 is 0 Å². The van der Waals surface area contributed by atoms with Crippen molar-refractivity contribution >= 4 is 27.8 Å². The van der Waals surface area contributed by atoms with Gasteiger partial charge < -0.3 is 9.32 Å². The zero-order valence-corrected chi connectivity index (χ0v) is 18.8. The lowest BCUT2D eigenvalue weighted by molar-refractivity contribution is 0.208. The zero-order chi connectivity index (χ0) is 20.7. The smallest absolute Gasteiger partial charge is 0.166 e. The lowest BCUT2D eigenvalue weighted by Crippen LogP contribution is -2.42. The predicted octanol–water partition coefficient (Wildman–Crippen LogP) is 6.49. The first-order chi connectivity index (χ1) is 14.6. The zero-order valence-electron chi connectivity index (χ0n) is 18.0. The molecule has 0 atom stereocenters. The lowest BCUT2D eigenvalue weighted by atomic mass is 9.86. The van der Waals surface area contributed by atoms with Gasteiger partial charge in [0.15, 0.2) is 5.17 Å². The minimum atomic E-state index is 0.563. The summed E-state index contributed by atoms with van der Waals surface area (Å²) >= 11 is 1.73. The molecule has 156 valence electrons. The first-order valence-corrected chi connectivity index (χ1v) is 11.8. The van der Waals surface area contributed by atoms with Crippen molar-refractivity contribution in [2.45, 2.75) is 70.6 Å². The van der Waals surface area contributed by atoms with Crippen LogP contribution < -0.4 is 0 Å². The van der Waals surface area contributed by atoms with Crippen molar-refractivity contribution in [3.63, 3.8) is 0 Å². The number of pyridine rings is 1. The number of hydrogen-bond donors (Lipinski definition) is 0. The van der Waals surface area contributed by atoms with E-state index in [9.17, 15) is 0 Å². The molecule has 0 unspecified atom stereocenters. The van der Waals surface area contributed by atoms with Crippen LogP contribution in [0.1, 0.15) is 55.1 Å². The molecule has 1 aromatic carbocycles. The lowest BCUT2D eigenvalue weighted by Gasteiger charge is -2.40. The molecule has 0 radical (unpaired) electrons. The highest BCUT2D eigenvalue weighted by atomic mass is 32.2. The topological polar surface area (TPSA) is 41.6 Å². The molecule has 4 nitrogen and oxygen atoms in total. The molecule has 0 bridgehead atoms. The van der Waals surface area contributed by atoms with Gasteiger partial charge in [-0.25, -0.2) is 4.98 Å². The molecule has 5 rings (SSSR count). The molecule has 1 saturated carbocycles. The number of aryl methyl sites for hydroxylation is 2. The Kier molecular flexibility index (Phi) is 5.32. The molecular weight excluding hydrogens is 390 g/mol. The van der Waals surface area contributed by atoms with Gasteiger partial charge >= 0.3 is 0 Å². The average molecular weight is 420 g/mol.